The summed E-state index contributed by atoms with van der Waals surface area (Å²) in [7, 11) is 0. The van der Waals surface area contributed by atoms with Crippen molar-refractivity contribution < 1.29 is 9.59 Å². The highest BCUT2D eigenvalue weighted by Gasteiger charge is 2.12. The van der Waals surface area contributed by atoms with E-state index < -0.39 is 11.8 Å². The lowest BCUT2D eigenvalue weighted by atomic mass is 9.97. The number of hydrogen-bond acceptors (Lipinski definition) is 2. The number of hydrogen-bond donors (Lipinski definition) is 2. The van der Waals surface area contributed by atoms with Crippen LogP contribution in [0.4, 0.5) is 0 Å². The molecular formula is C18H23ClN2O2. The van der Waals surface area contributed by atoms with Gasteiger partial charge < -0.3 is 10.6 Å². The Morgan fingerprint density at radius 2 is 1.78 bits per heavy atom. The van der Waals surface area contributed by atoms with Gasteiger partial charge in [0.2, 0.25) is 0 Å². The third-order valence-electron chi connectivity index (χ3n) is 3.91. The molecular weight excluding hydrogens is 312 g/mol. The number of carbonyl (C=O) groups is 2. The molecule has 0 aromatic heterocycles. The van der Waals surface area contributed by atoms with Crippen LogP contribution < -0.4 is 10.6 Å². The van der Waals surface area contributed by atoms with Crippen LogP contribution in [0.2, 0.25) is 5.02 Å². The first-order chi connectivity index (χ1) is 11.1. The summed E-state index contributed by atoms with van der Waals surface area (Å²) in [5, 5.41) is 5.97. The van der Waals surface area contributed by atoms with Crippen molar-refractivity contribution in [1.29, 1.82) is 0 Å². The van der Waals surface area contributed by atoms with Crippen LogP contribution in [0.1, 0.15) is 37.7 Å². The van der Waals surface area contributed by atoms with E-state index in [1.807, 2.05) is 18.2 Å². The van der Waals surface area contributed by atoms with Gasteiger partial charge in [0.25, 0.3) is 0 Å². The normalized spacial score (nSPS) is 14.0. The van der Waals surface area contributed by atoms with E-state index in [0.29, 0.717) is 24.5 Å². The maximum absolute atomic E-state index is 11.7. The van der Waals surface area contributed by atoms with Crippen LogP contribution in [0.25, 0.3) is 0 Å². The topological polar surface area (TPSA) is 58.2 Å². The van der Waals surface area contributed by atoms with E-state index >= 15 is 0 Å². The standard InChI is InChI=1S/C18H23ClN2O2/c19-16-8-4-7-15(13-16)10-12-21-18(23)17(22)20-11-9-14-5-2-1-3-6-14/h4-5,7-8,13H,1-3,6,9-12H2,(H,20,22)(H,21,23). The Labute approximate surface area is 142 Å². The van der Waals surface area contributed by atoms with Crippen LogP contribution in [0.5, 0.6) is 0 Å². The summed E-state index contributed by atoms with van der Waals surface area (Å²) < 4.78 is 0. The first kappa shape index (κ1) is 17.5. The van der Waals surface area contributed by atoms with Crippen molar-refractivity contribution in [3.05, 3.63) is 46.5 Å². The number of rotatable bonds is 6. The van der Waals surface area contributed by atoms with E-state index in [1.165, 1.54) is 18.4 Å². The van der Waals surface area contributed by atoms with E-state index in [4.69, 9.17) is 11.6 Å². The van der Waals surface area contributed by atoms with Gasteiger partial charge in [0.15, 0.2) is 0 Å². The number of amides is 2. The first-order valence-corrected chi connectivity index (χ1v) is 8.51. The molecule has 0 saturated carbocycles. The summed E-state index contributed by atoms with van der Waals surface area (Å²) in [6.45, 7) is 0.935. The van der Waals surface area contributed by atoms with Gasteiger partial charge in [0.05, 0.1) is 0 Å². The van der Waals surface area contributed by atoms with Gasteiger partial charge in [-0.3, -0.25) is 9.59 Å². The van der Waals surface area contributed by atoms with Gasteiger partial charge in [-0.15, -0.1) is 0 Å². The van der Waals surface area contributed by atoms with E-state index in [-0.39, 0.29) is 0 Å². The molecule has 2 N–H and O–H groups in total. The van der Waals surface area contributed by atoms with Crippen LogP contribution in [0, 0.1) is 0 Å². The van der Waals surface area contributed by atoms with E-state index in [0.717, 1.165) is 24.8 Å². The molecule has 124 valence electrons. The Morgan fingerprint density at radius 1 is 1.04 bits per heavy atom. The van der Waals surface area contributed by atoms with Gasteiger partial charge in [-0.25, -0.2) is 0 Å². The molecule has 0 spiro atoms. The summed E-state index contributed by atoms with van der Waals surface area (Å²) in [4.78, 5) is 23.4. The minimum Gasteiger partial charge on any atom is -0.348 e. The Bertz CT molecular complexity index is 584. The zero-order chi connectivity index (χ0) is 16.5. The van der Waals surface area contributed by atoms with E-state index in [2.05, 4.69) is 16.7 Å². The van der Waals surface area contributed by atoms with Crippen molar-refractivity contribution in [2.75, 3.05) is 13.1 Å². The lowest BCUT2D eigenvalue weighted by Gasteiger charge is -2.12. The highest BCUT2D eigenvalue weighted by molar-refractivity contribution is 6.35. The molecule has 0 unspecified atom stereocenters. The molecule has 0 fully saturated rings. The summed E-state index contributed by atoms with van der Waals surface area (Å²) in [6.07, 6.45) is 8.46. The quantitative estimate of drug-likeness (QED) is 0.620. The van der Waals surface area contributed by atoms with Crippen molar-refractivity contribution in [2.45, 2.75) is 38.5 Å². The zero-order valence-corrected chi connectivity index (χ0v) is 14.0. The Hall–Kier alpha value is -1.81. The monoisotopic (exact) mass is 334 g/mol. The molecule has 1 aliphatic carbocycles. The molecule has 1 aromatic carbocycles. The van der Waals surface area contributed by atoms with Crippen molar-refractivity contribution in [3.63, 3.8) is 0 Å². The van der Waals surface area contributed by atoms with Crippen LogP contribution in [0.3, 0.4) is 0 Å². The number of nitrogens with one attached hydrogen (secondary N) is 2. The third-order valence-corrected chi connectivity index (χ3v) is 4.15. The minimum absolute atomic E-state index is 0.414. The summed E-state index contributed by atoms with van der Waals surface area (Å²) >= 11 is 5.90. The van der Waals surface area contributed by atoms with Crippen LogP contribution >= 0.6 is 11.6 Å². The third kappa shape index (κ3) is 6.45. The molecule has 0 bridgehead atoms. The van der Waals surface area contributed by atoms with Gasteiger partial charge in [0, 0.05) is 18.1 Å². The SMILES string of the molecule is O=C(NCCC1=CCCCC1)C(=O)NCCc1cccc(Cl)c1. The lowest BCUT2D eigenvalue weighted by molar-refractivity contribution is -0.139. The molecule has 4 nitrogen and oxygen atoms in total. The fourth-order valence-electron chi connectivity index (χ4n) is 2.64. The molecule has 0 heterocycles. The van der Waals surface area contributed by atoms with Crippen molar-refractivity contribution in [3.8, 4) is 0 Å². The second-order valence-electron chi connectivity index (χ2n) is 5.75. The molecule has 0 radical (unpaired) electrons. The van der Waals surface area contributed by atoms with Crippen molar-refractivity contribution >= 4 is 23.4 Å². The van der Waals surface area contributed by atoms with Crippen LogP contribution in [0.15, 0.2) is 35.9 Å². The molecule has 0 saturated heterocycles. The van der Waals surface area contributed by atoms with E-state index in [1.54, 1.807) is 6.07 Å². The molecule has 5 heteroatoms. The second-order valence-corrected chi connectivity index (χ2v) is 6.19. The highest BCUT2D eigenvalue weighted by atomic mass is 35.5. The molecule has 0 atom stereocenters. The molecule has 1 aliphatic rings. The molecule has 1 aromatic rings. The number of allylic oxidation sites excluding steroid dienone is 1. The van der Waals surface area contributed by atoms with Gasteiger partial charge >= 0.3 is 11.8 Å². The van der Waals surface area contributed by atoms with E-state index in [9.17, 15) is 9.59 Å². The molecule has 23 heavy (non-hydrogen) atoms. The highest BCUT2D eigenvalue weighted by Crippen LogP contribution is 2.19. The smallest absolute Gasteiger partial charge is 0.309 e. The summed E-state index contributed by atoms with van der Waals surface area (Å²) in [6, 6.07) is 7.46. The molecule has 0 aliphatic heterocycles. The van der Waals surface area contributed by atoms with Crippen LogP contribution in [-0.2, 0) is 16.0 Å². The Balaban J connectivity index is 1.62. The lowest BCUT2D eigenvalue weighted by Crippen LogP contribution is -2.41. The Kier molecular flexibility index (Phi) is 7.14. The van der Waals surface area contributed by atoms with Crippen LogP contribution in [-0.4, -0.2) is 24.9 Å². The van der Waals surface area contributed by atoms with Gasteiger partial charge in [-0.2, -0.15) is 0 Å². The number of halogens is 1. The Morgan fingerprint density at radius 3 is 2.43 bits per heavy atom. The fraction of sp³-hybridized carbons (Fsp3) is 0.444. The average molecular weight is 335 g/mol. The predicted octanol–water partition coefficient (Wildman–Crippen LogP) is 3.01. The largest absolute Gasteiger partial charge is 0.348 e. The van der Waals surface area contributed by atoms with Gasteiger partial charge in [-0.05, 0) is 56.2 Å². The summed E-state index contributed by atoms with van der Waals surface area (Å²) in [5.74, 6) is -1.14. The van der Waals surface area contributed by atoms with Crippen molar-refractivity contribution in [1.82, 2.24) is 10.6 Å². The molecule has 2 rings (SSSR count). The van der Waals surface area contributed by atoms with Gasteiger partial charge in [-0.1, -0.05) is 35.4 Å². The maximum atomic E-state index is 11.7. The zero-order valence-electron chi connectivity index (χ0n) is 13.2. The maximum Gasteiger partial charge on any atom is 0.309 e. The predicted molar refractivity (Wildman–Crippen MR) is 92.3 cm³/mol. The van der Waals surface area contributed by atoms with Gasteiger partial charge in [0.1, 0.15) is 0 Å². The summed E-state index contributed by atoms with van der Waals surface area (Å²) in [5.41, 5.74) is 2.42. The fourth-order valence-corrected chi connectivity index (χ4v) is 2.85. The van der Waals surface area contributed by atoms with Crippen molar-refractivity contribution in [2.24, 2.45) is 0 Å². The average Bonchev–Trinajstić information content (AvgIpc) is 2.55. The number of benzene rings is 1. The first-order valence-electron chi connectivity index (χ1n) is 8.13. The number of carbonyl (C=O) groups excluding carboxylic acids is 2. The minimum atomic E-state index is -0.579. The molecule has 2 amide bonds. The second kappa shape index (κ2) is 9.36.